The summed E-state index contributed by atoms with van der Waals surface area (Å²) < 4.78 is 6.36. The normalized spacial score (nSPS) is 11.9. The third kappa shape index (κ3) is 3.10. The zero-order valence-corrected chi connectivity index (χ0v) is 12.1. The molecule has 0 aromatic heterocycles. The van der Waals surface area contributed by atoms with Crippen LogP contribution in [0.2, 0.25) is 0 Å². The summed E-state index contributed by atoms with van der Waals surface area (Å²) >= 11 is 2.14. The van der Waals surface area contributed by atoms with E-state index in [9.17, 15) is 4.79 Å². The number of rotatable bonds is 3. The maximum absolute atomic E-state index is 12.0. The highest BCUT2D eigenvalue weighted by atomic mass is 127. The molecule has 0 unspecified atom stereocenters. The van der Waals surface area contributed by atoms with Gasteiger partial charge in [-0.25, -0.2) is 4.79 Å². The Morgan fingerprint density at radius 2 is 1.67 bits per heavy atom. The molecule has 2 aromatic rings. The van der Waals surface area contributed by atoms with Gasteiger partial charge in [0.2, 0.25) is 0 Å². The minimum Gasteiger partial charge on any atom is -0.454 e. The predicted octanol–water partition coefficient (Wildman–Crippen LogP) is 4.21. The van der Waals surface area contributed by atoms with E-state index in [0.29, 0.717) is 5.56 Å². The van der Waals surface area contributed by atoms with Gasteiger partial charge < -0.3 is 4.74 Å². The minimum atomic E-state index is -0.281. The Kier molecular flexibility index (Phi) is 4.36. The Balaban J connectivity index is 2.11. The highest BCUT2D eigenvalue weighted by molar-refractivity contribution is 14.1. The molecule has 0 radical (unpaired) electrons. The van der Waals surface area contributed by atoms with Crippen molar-refractivity contribution in [2.75, 3.05) is 0 Å². The van der Waals surface area contributed by atoms with Crippen LogP contribution in [0, 0.1) is 3.57 Å². The highest BCUT2D eigenvalue weighted by Gasteiger charge is 2.15. The lowest BCUT2D eigenvalue weighted by Crippen LogP contribution is -2.10. The topological polar surface area (TPSA) is 26.3 Å². The molecule has 2 rings (SSSR count). The Labute approximate surface area is 120 Å². The molecule has 0 amide bonds. The van der Waals surface area contributed by atoms with Crippen molar-refractivity contribution in [2.45, 2.75) is 13.0 Å². The number of carbonyl (C=O) groups is 1. The smallest absolute Gasteiger partial charge is 0.339 e. The average Bonchev–Trinajstić information content (AvgIpc) is 2.40. The molecule has 0 bridgehead atoms. The highest BCUT2D eigenvalue weighted by Crippen LogP contribution is 2.20. The molecule has 92 valence electrons. The van der Waals surface area contributed by atoms with Crippen molar-refractivity contribution < 1.29 is 9.53 Å². The second-order valence-electron chi connectivity index (χ2n) is 3.94. The number of benzene rings is 2. The van der Waals surface area contributed by atoms with Crippen LogP contribution < -0.4 is 0 Å². The van der Waals surface area contributed by atoms with Crippen molar-refractivity contribution in [3.8, 4) is 0 Å². The fourth-order valence-corrected chi connectivity index (χ4v) is 2.25. The Hall–Kier alpha value is -1.36. The zero-order valence-electron chi connectivity index (χ0n) is 9.97. The quantitative estimate of drug-likeness (QED) is 0.611. The van der Waals surface area contributed by atoms with Gasteiger partial charge in [0.25, 0.3) is 0 Å². The van der Waals surface area contributed by atoms with Gasteiger partial charge in [0.15, 0.2) is 0 Å². The lowest BCUT2D eigenvalue weighted by molar-refractivity contribution is 0.0336. The van der Waals surface area contributed by atoms with Gasteiger partial charge in [-0.05, 0) is 47.2 Å². The minimum absolute atomic E-state index is 0.241. The summed E-state index contributed by atoms with van der Waals surface area (Å²) in [6.45, 7) is 1.88. The third-order valence-electron chi connectivity index (χ3n) is 2.65. The fourth-order valence-electron chi connectivity index (χ4n) is 1.64. The predicted molar refractivity (Wildman–Crippen MR) is 79.4 cm³/mol. The molecule has 0 heterocycles. The molecule has 0 aliphatic heterocycles. The molecule has 2 nitrogen and oxygen atoms in total. The van der Waals surface area contributed by atoms with Crippen molar-refractivity contribution in [1.29, 1.82) is 0 Å². The van der Waals surface area contributed by atoms with E-state index in [1.165, 1.54) is 0 Å². The summed E-state index contributed by atoms with van der Waals surface area (Å²) in [7, 11) is 0. The van der Waals surface area contributed by atoms with Crippen molar-refractivity contribution >= 4 is 28.6 Å². The van der Waals surface area contributed by atoms with Crippen LogP contribution in [0.5, 0.6) is 0 Å². The van der Waals surface area contributed by atoms with Gasteiger partial charge in [-0.3, -0.25) is 0 Å². The molecule has 1 atom stereocenters. The summed E-state index contributed by atoms with van der Waals surface area (Å²) in [5.41, 5.74) is 1.61. The van der Waals surface area contributed by atoms with Crippen LogP contribution in [0.15, 0.2) is 54.6 Å². The molecule has 0 saturated heterocycles. The number of esters is 1. The molecular formula is C15H13IO2. The first-order valence-corrected chi connectivity index (χ1v) is 6.77. The summed E-state index contributed by atoms with van der Waals surface area (Å²) in [5.74, 6) is -0.281. The second-order valence-corrected chi connectivity index (χ2v) is 5.10. The second kappa shape index (κ2) is 6.00. The first-order chi connectivity index (χ1) is 8.68. The maximum Gasteiger partial charge on any atom is 0.339 e. The van der Waals surface area contributed by atoms with Crippen LogP contribution in [0.4, 0.5) is 0 Å². The molecule has 0 fully saturated rings. The molecule has 18 heavy (non-hydrogen) atoms. The van der Waals surface area contributed by atoms with Crippen molar-refractivity contribution in [2.24, 2.45) is 0 Å². The number of hydrogen-bond acceptors (Lipinski definition) is 2. The van der Waals surface area contributed by atoms with E-state index >= 15 is 0 Å². The van der Waals surface area contributed by atoms with Crippen LogP contribution in [-0.4, -0.2) is 5.97 Å². The van der Waals surface area contributed by atoms with Crippen LogP contribution in [-0.2, 0) is 4.74 Å². The standard InChI is InChI=1S/C15H13IO2/c1-11(12-7-3-2-4-8-12)18-15(17)13-9-5-6-10-14(13)16/h2-11H,1H3/t11-/m0/s1. The number of carbonyl (C=O) groups excluding carboxylic acids is 1. The van der Waals surface area contributed by atoms with E-state index < -0.39 is 0 Å². The summed E-state index contributed by atoms with van der Waals surface area (Å²) in [6, 6.07) is 17.1. The van der Waals surface area contributed by atoms with Crippen LogP contribution >= 0.6 is 22.6 Å². The fraction of sp³-hybridized carbons (Fsp3) is 0.133. The Morgan fingerprint density at radius 3 is 2.33 bits per heavy atom. The van der Waals surface area contributed by atoms with E-state index in [-0.39, 0.29) is 12.1 Å². The molecule has 0 saturated carbocycles. The van der Waals surface area contributed by atoms with Crippen LogP contribution in [0.3, 0.4) is 0 Å². The largest absolute Gasteiger partial charge is 0.454 e. The SMILES string of the molecule is C[C@H](OC(=O)c1ccccc1I)c1ccccc1. The third-order valence-corrected chi connectivity index (χ3v) is 3.59. The summed E-state index contributed by atoms with van der Waals surface area (Å²) in [5, 5.41) is 0. The lowest BCUT2D eigenvalue weighted by Gasteiger charge is -2.14. The number of ether oxygens (including phenoxy) is 1. The monoisotopic (exact) mass is 352 g/mol. The van der Waals surface area contributed by atoms with Crippen LogP contribution in [0.1, 0.15) is 28.9 Å². The summed E-state index contributed by atoms with van der Waals surface area (Å²) in [6.07, 6.45) is -0.241. The van der Waals surface area contributed by atoms with Gasteiger partial charge in [-0.2, -0.15) is 0 Å². The molecule has 0 aliphatic rings. The van der Waals surface area contributed by atoms with Crippen molar-refractivity contribution in [3.63, 3.8) is 0 Å². The first kappa shape index (κ1) is 13.1. The summed E-state index contributed by atoms with van der Waals surface area (Å²) in [4.78, 5) is 12.0. The van der Waals surface area contributed by atoms with Crippen molar-refractivity contribution in [3.05, 3.63) is 69.3 Å². The lowest BCUT2D eigenvalue weighted by atomic mass is 10.1. The Bertz CT molecular complexity index is 537. The van der Waals surface area contributed by atoms with Gasteiger partial charge in [0.05, 0.1) is 5.56 Å². The van der Waals surface area contributed by atoms with E-state index in [0.717, 1.165) is 9.13 Å². The van der Waals surface area contributed by atoms with Crippen molar-refractivity contribution in [1.82, 2.24) is 0 Å². The molecule has 3 heteroatoms. The number of hydrogen-bond donors (Lipinski definition) is 0. The molecule has 0 spiro atoms. The van der Waals surface area contributed by atoms with Crippen LogP contribution in [0.25, 0.3) is 0 Å². The van der Waals surface area contributed by atoms with Gasteiger partial charge in [0, 0.05) is 3.57 Å². The molecule has 2 aromatic carbocycles. The molecular weight excluding hydrogens is 339 g/mol. The van der Waals surface area contributed by atoms with E-state index in [4.69, 9.17) is 4.74 Å². The zero-order chi connectivity index (χ0) is 13.0. The van der Waals surface area contributed by atoms with Gasteiger partial charge >= 0.3 is 5.97 Å². The molecule has 0 aliphatic carbocycles. The maximum atomic E-state index is 12.0. The van der Waals surface area contributed by atoms with Gasteiger partial charge in [-0.1, -0.05) is 42.5 Å². The van der Waals surface area contributed by atoms with Gasteiger partial charge in [0.1, 0.15) is 6.10 Å². The number of halogens is 1. The van der Waals surface area contributed by atoms with E-state index in [2.05, 4.69) is 22.6 Å². The van der Waals surface area contributed by atoms with Gasteiger partial charge in [-0.15, -0.1) is 0 Å². The average molecular weight is 352 g/mol. The molecule has 0 N–H and O–H groups in total. The van der Waals surface area contributed by atoms with E-state index in [1.807, 2.05) is 55.5 Å². The van der Waals surface area contributed by atoms with E-state index in [1.54, 1.807) is 6.07 Å². The Morgan fingerprint density at radius 1 is 1.06 bits per heavy atom. The first-order valence-electron chi connectivity index (χ1n) is 5.69.